The van der Waals surface area contributed by atoms with Crippen molar-refractivity contribution in [3.63, 3.8) is 0 Å². The number of fused-ring (bicyclic) bond motifs is 1. The molecule has 2 atom stereocenters. The number of methoxy groups -OCH3 is 1. The Labute approximate surface area is 144 Å². The van der Waals surface area contributed by atoms with Gasteiger partial charge in [-0.15, -0.1) is 0 Å². The molecule has 1 N–H and O–H groups in total. The van der Waals surface area contributed by atoms with Crippen molar-refractivity contribution in [3.8, 4) is 0 Å². The van der Waals surface area contributed by atoms with Crippen molar-refractivity contribution in [1.82, 2.24) is 20.2 Å². The molecule has 0 aliphatic carbocycles. The molecule has 0 radical (unpaired) electrons. The number of aromatic nitrogens is 2. The summed E-state index contributed by atoms with van der Waals surface area (Å²) in [7, 11) is 1.23. The van der Waals surface area contributed by atoms with Crippen LogP contribution in [0.15, 0.2) is 30.6 Å². The van der Waals surface area contributed by atoms with E-state index in [0.717, 1.165) is 12.2 Å². The highest BCUT2D eigenvalue weighted by Gasteiger charge is 2.43. The highest BCUT2D eigenvalue weighted by Crippen LogP contribution is 2.25. The molecule has 132 valence electrons. The van der Waals surface area contributed by atoms with E-state index in [9.17, 15) is 14.4 Å². The maximum Gasteiger partial charge on any atom is 0.330 e. The summed E-state index contributed by atoms with van der Waals surface area (Å²) < 4.78 is 4.42. The first-order chi connectivity index (χ1) is 12.1. The molecule has 0 spiro atoms. The molecule has 2 fully saturated rings. The molecule has 2 saturated heterocycles. The van der Waals surface area contributed by atoms with Gasteiger partial charge in [0, 0.05) is 44.2 Å². The number of amides is 2. The second kappa shape index (κ2) is 7.29. The van der Waals surface area contributed by atoms with E-state index in [2.05, 4.69) is 20.0 Å². The van der Waals surface area contributed by atoms with Gasteiger partial charge in [-0.25, -0.2) is 14.8 Å². The molecule has 0 aromatic carbocycles. The van der Waals surface area contributed by atoms with E-state index in [0.29, 0.717) is 32.0 Å². The molecule has 25 heavy (non-hydrogen) atoms. The number of ether oxygens (including phenoxy) is 1. The maximum absolute atomic E-state index is 12.5. The van der Waals surface area contributed by atoms with E-state index < -0.39 is 17.9 Å². The number of esters is 1. The first-order valence-corrected chi connectivity index (χ1v) is 7.97. The van der Waals surface area contributed by atoms with Gasteiger partial charge in [-0.2, -0.15) is 0 Å². The first kappa shape index (κ1) is 16.9. The molecule has 3 heterocycles. The fourth-order valence-electron chi connectivity index (χ4n) is 3.11. The zero-order valence-electron chi connectivity index (χ0n) is 13.8. The minimum Gasteiger partial charge on any atom is -0.466 e. The van der Waals surface area contributed by atoms with Crippen LogP contribution in [0.4, 0.5) is 5.95 Å². The van der Waals surface area contributed by atoms with Crippen LogP contribution in [0.5, 0.6) is 0 Å². The van der Waals surface area contributed by atoms with Crippen molar-refractivity contribution in [1.29, 1.82) is 0 Å². The Kier molecular flexibility index (Phi) is 4.92. The van der Waals surface area contributed by atoms with Crippen molar-refractivity contribution >= 4 is 23.7 Å². The Bertz CT molecular complexity index is 693. The van der Waals surface area contributed by atoms with Crippen LogP contribution in [0.2, 0.25) is 0 Å². The summed E-state index contributed by atoms with van der Waals surface area (Å²) in [4.78, 5) is 47.6. The third-order valence-corrected chi connectivity index (χ3v) is 4.30. The van der Waals surface area contributed by atoms with Gasteiger partial charge in [0.05, 0.1) is 13.2 Å². The van der Waals surface area contributed by atoms with Crippen molar-refractivity contribution in [2.45, 2.75) is 18.5 Å². The molecule has 9 heteroatoms. The highest BCUT2D eigenvalue weighted by molar-refractivity contribution is 5.97. The van der Waals surface area contributed by atoms with Crippen LogP contribution in [0.3, 0.4) is 0 Å². The predicted molar refractivity (Wildman–Crippen MR) is 87.4 cm³/mol. The van der Waals surface area contributed by atoms with Gasteiger partial charge >= 0.3 is 5.97 Å². The molecular weight excluding hydrogens is 326 g/mol. The predicted octanol–water partition coefficient (Wildman–Crippen LogP) is -0.888. The van der Waals surface area contributed by atoms with Crippen LogP contribution in [0.1, 0.15) is 6.42 Å². The van der Waals surface area contributed by atoms with E-state index >= 15 is 0 Å². The minimum absolute atomic E-state index is 0.0000530. The Hall–Kier alpha value is -2.97. The second-order valence-electron chi connectivity index (χ2n) is 5.83. The van der Waals surface area contributed by atoms with Gasteiger partial charge in [-0.3, -0.25) is 9.59 Å². The van der Waals surface area contributed by atoms with Gasteiger partial charge in [0.1, 0.15) is 6.04 Å². The zero-order valence-corrected chi connectivity index (χ0v) is 13.8. The lowest BCUT2D eigenvalue weighted by Crippen LogP contribution is -2.52. The number of carbonyl (C=O) groups excluding carboxylic acids is 3. The van der Waals surface area contributed by atoms with E-state index in [1.807, 2.05) is 4.90 Å². The van der Waals surface area contributed by atoms with Gasteiger partial charge in [-0.1, -0.05) is 0 Å². The maximum atomic E-state index is 12.5. The first-order valence-electron chi connectivity index (χ1n) is 7.97. The summed E-state index contributed by atoms with van der Waals surface area (Å²) in [5, 5.41) is 2.64. The minimum atomic E-state index is -0.621. The molecule has 2 aliphatic rings. The molecule has 0 saturated carbocycles. The third-order valence-electron chi connectivity index (χ3n) is 4.30. The zero-order chi connectivity index (χ0) is 17.8. The number of nitrogens with zero attached hydrogens (tertiary/aromatic N) is 4. The molecule has 9 nitrogen and oxygen atoms in total. The Morgan fingerprint density at radius 1 is 1.28 bits per heavy atom. The van der Waals surface area contributed by atoms with Gasteiger partial charge in [0.2, 0.25) is 17.8 Å². The van der Waals surface area contributed by atoms with Crippen molar-refractivity contribution < 1.29 is 19.1 Å². The average molecular weight is 345 g/mol. The summed E-state index contributed by atoms with van der Waals surface area (Å²) >= 11 is 0. The van der Waals surface area contributed by atoms with Crippen LogP contribution in [-0.2, 0) is 19.1 Å². The van der Waals surface area contributed by atoms with E-state index in [4.69, 9.17) is 0 Å². The lowest BCUT2D eigenvalue weighted by atomic mass is 10.1. The smallest absolute Gasteiger partial charge is 0.330 e. The normalized spacial score (nSPS) is 22.8. The molecule has 2 unspecified atom stereocenters. The fourth-order valence-corrected chi connectivity index (χ4v) is 3.11. The van der Waals surface area contributed by atoms with E-state index in [-0.39, 0.29) is 11.9 Å². The van der Waals surface area contributed by atoms with Gasteiger partial charge in [0.15, 0.2) is 0 Å². The van der Waals surface area contributed by atoms with Crippen molar-refractivity contribution in [2.24, 2.45) is 0 Å². The number of nitrogens with one attached hydrogen (secondary N) is 1. The van der Waals surface area contributed by atoms with E-state index in [1.165, 1.54) is 7.11 Å². The second-order valence-corrected chi connectivity index (χ2v) is 5.83. The average Bonchev–Trinajstić information content (AvgIpc) is 2.95. The standard InChI is InChI=1S/C16H19N5O4/c1-25-14(23)4-3-13(22)19-12-9-11-10-20(7-8-21(11)15(12)24)16-17-5-2-6-18-16/h2-6,11-12H,7-10H2,1H3,(H,19,22)/b4-3+. The van der Waals surface area contributed by atoms with Crippen molar-refractivity contribution in [2.75, 3.05) is 31.6 Å². The van der Waals surface area contributed by atoms with Crippen LogP contribution < -0.4 is 10.2 Å². The van der Waals surface area contributed by atoms with Gasteiger partial charge in [-0.05, 0) is 12.5 Å². The van der Waals surface area contributed by atoms with Gasteiger partial charge in [0.25, 0.3) is 0 Å². The molecule has 2 aliphatic heterocycles. The highest BCUT2D eigenvalue weighted by atomic mass is 16.5. The monoisotopic (exact) mass is 345 g/mol. The fraction of sp³-hybridized carbons (Fsp3) is 0.438. The summed E-state index contributed by atoms with van der Waals surface area (Å²) in [5.74, 6) is -0.572. The Balaban J connectivity index is 1.60. The molecule has 0 bridgehead atoms. The van der Waals surface area contributed by atoms with Crippen LogP contribution in [0.25, 0.3) is 0 Å². The quantitative estimate of drug-likeness (QED) is 0.558. The van der Waals surface area contributed by atoms with Crippen LogP contribution in [0, 0.1) is 0 Å². The summed E-state index contributed by atoms with van der Waals surface area (Å²) in [5.41, 5.74) is 0. The lowest BCUT2D eigenvalue weighted by Gasteiger charge is -2.37. The van der Waals surface area contributed by atoms with E-state index in [1.54, 1.807) is 23.4 Å². The number of piperazine rings is 1. The number of hydrogen-bond acceptors (Lipinski definition) is 7. The molecule has 2 amide bonds. The number of hydrogen-bond donors (Lipinski definition) is 1. The summed E-state index contributed by atoms with van der Waals surface area (Å²) in [6.45, 7) is 1.83. The largest absolute Gasteiger partial charge is 0.466 e. The Morgan fingerprint density at radius 3 is 2.76 bits per heavy atom. The lowest BCUT2D eigenvalue weighted by molar-refractivity contribution is -0.135. The molecule has 1 aromatic rings. The Morgan fingerprint density at radius 2 is 2.04 bits per heavy atom. The third kappa shape index (κ3) is 3.76. The molecule has 1 aromatic heterocycles. The molecule has 3 rings (SSSR count). The summed E-state index contributed by atoms with van der Waals surface area (Å²) in [6.07, 6.45) is 5.98. The number of anilines is 1. The number of carbonyl (C=O) groups is 3. The number of rotatable bonds is 4. The molecular formula is C16H19N5O4. The summed E-state index contributed by atoms with van der Waals surface area (Å²) in [6, 6.07) is 1.17. The van der Waals surface area contributed by atoms with Crippen molar-refractivity contribution in [3.05, 3.63) is 30.6 Å². The van der Waals surface area contributed by atoms with Crippen LogP contribution >= 0.6 is 0 Å². The topological polar surface area (TPSA) is 105 Å². The van der Waals surface area contributed by atoms with Crippen LogP contribution in [-0.4, -0.2) is 71.5 Å². The SMILES string of the molecule is COC(=O)/C=C/C(=O)NC1CC2CN(c3ncccn3)CCN2C1=O. The van der Waals surface area contributed by atoms with Gasteiger partial charge < -0.3 is 19.9 Å².